The first-order valence-corrected chi connectivity index (χ1v) is 8.75. The first kappa shape index (κ1) is 15.4. The Bertz CT molecular complexity index is 657. The minimum Gasteiger partial charge on any atom is -0.490 e. The molecule has 3 fully saturated rings. The molecular weight excluding hydrogens is 306 g/mol. The summed E-state index contributed by atoms with van der Waals surface area (Å²) in [5.74, 6) is 0.746. The Hall–Kier alpha value is -2.08. The Balaban J connectivity index is 1.44. The Kier molecular flexibility index (Phi) is 3.92. The van der Waals surface area contributed by atoms with E-state index >= 15 is 0 Å². The number of hydrogen-bond donors (Lipinski definition) is 2. The molecule has 1 saturated carbocycles. The predicted octanol–water partition coefficient (Wildman–Crippen LogP) is 1.79. The van der Waals surface area contributed by atoms with Crippen LogP contribution in [0.15, 0.2) is 24.3 Å². The highest BCUT2D eigenvalue weighted by Gasteiger charge is 2.50. The third kappa shape index (κ3) is 2.86. The zero-order valence-electron chi connectivity index (χ0n) is 13.7. The van der Waals surface area contributed by atoms with Crippen LogP contribution in [0, 0.1) is 0 Å². The lowest BCUT2D eigenvalue weighted by molar-refractivity contribution is -0.123. The van der Waals surface area contributed by atoms with Gasteiger partial charge in [-0.2, -0.15) is 0 Å². The lowest BCUT2D eigenvalue weighted by atomic mass is 9.99. The molecule has 2 saturated heterocycles. The van der Waals surface area contributed by atoms with Crippen LogP contribution in [0.25, 0.3) is 0 Å². The molecule has 24 heavy (non-hydrogen) atoms. The molecule has 6 heteroatoms. The zero-order chi connectivity index (χ0) is 16.6. The quantitative estimate of drug-likeness (QED) is 0.826. The molecule has 2 heterocycles. The standard InChI is InChI=1S/C18H23N3O3/c22-16-18(20-17(23)19-16)9-10-21(12-18)11-13-5-1-4-8-15(13)24-14-6-2-3-7-14/h1,4-5,8,14H,2-3,6-7,9-12H2,(H2,19,20,22,23). The molecular formula is C18H23N3O3. The number of carbonyl (C=O) groups excluding carboxylic acids is 2. The van der Waals surface area contributed by atoms with E-state index in [2.05, 4.69) is 21.6 Å². The number of likely N-dealkylation sites (tertiary alicyclic amines) is 1. The maximum Gasteiger partial charge on any atom is 0.322 e. The van der Waals surface area contributed by atoms with E-state index in [0.717, 1.165) is 37.2 Å². The van der Waals surface area contributed by atoms with Crippen LogP contribution in [0.5, 0.6) is 5.75 Å². The van der Waals surface area contributed by atoms with Gasteiger partial charge in [0.05, 0.1) is 6.10 Å². The van der Waals surface area contributed by atoms with E-state index in [9.17, 15) is 9.59 Å². The third-order valence-electron chi connectivity index (χ3n) is 5.33. The van der Waals surface area contributed by atoms with Crippen LogP contribution in [0.4, 0.5) is 4.79 Å². The van der Waals surface area contributed by atoms with E-state index < -0.39 is 5.54 Å². The maximum absolute atomic E-state index is 12.1. The summed E-state index contributed by atoms with van der Waals surface area (Å²) >= 11 is 0. The monoisotopic (exact) mass is 329 g/mol. The van der Waals surface area contributed by atoms with Gasteiger partial charge in [-0.1, -0.05) is 18.2 Å². The number of rotatable bonds is 4. The van der Waals surface area contributed by atoms with Gasteiger partial charge in [0.15, 0.2) is 0 Å². The van der Waals surface area contributed by atoms with Crippen molar-refractivity contribution in [1.29, 1.82) is 0 Å². The van der Waals surface area contributed by atoms with Gasteiger partial charge in [-0.25, -0.2) is 4.79 Å². The van der Waals surface area contributed by atoms with E-state index in [1.165, 1.54) is 12.8 Å². The third-order valence-corrected chi connectivity index (χ3v) is 5.33. The molecule has 6 nitrogen and oxygen atoms in total. The summed E-state index contributed by atoms with van der Waals surface area (Å²) in [6.45, 7) is 2.06. The smallest absolute Gasteiger partial charge is 0.322 e. The largest absolute Gasteiger partial charge is 0.490 e. The molecule has 3 amide bonds. The van der Waals surface area contributed by atoms with E-state index in [0.29, 0.717) is 19.1 Å². The Morgan fingerprint density at radius 3 is 2.75 bits per heavy atom. The van der Waals surface area contributed by atoms with Gasteiger partial charge in [0.1, 0.15) is 11.3 Å². The summed E-state index contributed by atoms with van der Waals surface area (Å²) in [5, 5.41) is 5.15. The van der Waals surface area contributed by atoms with Crippen molar-refractivity contribution in [2.24, 2.45) is 0 Å². The number of nitrogens with zero attached hydrogens (tertiary/aromatic N) is 1. The molecule has 0 bridgehead atoms. The summed E-state index contributed by atoms with van der Waals surface area (Å²) in [6.07, 6.45) is 5.74. The summed E-state index contributed by atoms with van der Waals surface area (Å²) in [6, 6.07) is 7.76. The zero-order valence-corrected chi connectivity index (χ0v) is 13.7. The minimum absolute atomic E-state index is 0.203. The van der Waals surface area contributed by atoms with Crippen LogP contribution in [-0.2, 0) is 11.3 Å². The molecule has 1 aliphatic carbocycles. The molecule has 128 valence electrons. The summed E-state index contributed by atoms with van der Waals surface area (Å²) in [4.78, 5) is 25.7. The van der Waals surface area contributed by atoms with Gasteiger partial charge in [-0.3, -0.25) is 15.0 Å². The number of para-hydroxylation sites is 1. The number of nitrogens with one attached hydrogen (secondary N) is 2. The molecule has 2 N–H and O–H groups in total. The second-order valence-corrected chi connectivity index (χ2v) is 7.08. The number of amides is 3. The van der Waals surface area contributed by atoms with Crippen LogP contribution < -0.4 is 15.4 Å². The average molecular weight is 329 g/mol. The van der Waals surface area contributed by atoms with E-state index in [1.807, 2.05) is 18.2 Å². The highest BCUT2D eigenvalue weighted by molar-refractivity contribution is 6.07. The van der Waals surface area contributed by atoms with E-state index in [1.54, 1.807) is 0 Å². The van der Waals surface area contributed by atoms with Crippen molar-refractivity contribution in [3.63, 3.8) is 0 Å². The van der Waals surface area contributed by atoms with Crippen molar-refractivity contribution in [3.05, 3.63) is 29.8 Å². The SMILES string of the molecule is O=C1NC(=O)C2(CCN(Cc3ccccc3OC3CCCC3)C2)N1. The normalized spacial score (nSPS) is 27.7. The van der Waals surface area contributed by atoms with Crippen LogP contribution in [0.2, 0.25) is 0 Å². The molecule has 1 spiro atoms. The van der Waals surface area contributed by atoms with Crippen molar-refractivity contribution < 1.29 is 14.3 Å². The fraction of sp³-hybridized carbons (Fsp3) is 0.556. The van der Waals surface area contributed by atoms with Gasteiger partial charge in [0.2, 0.25) is 0 Å². The van der Waals surface area contributed by atoms with Crippen molar-refractivity contribution in [2.45, 2.75) is 50.3 Å². The molecule has 4 rings (SSSR count). The maximum atomic E-state index is 12.1. The first-order chi connectivity index (χ1) is 11.6. The fourth-order valence-electron chi connectivity index (χ4n) is 4.02. The number of benzene rings is 1. The number of imide groups is 1. The predicted molar refractivity (Wildman–Crippen MR) is 88.6 cm³/mol. The Morgan fingerprint density at radius 1 is 1.21 bits per heavy atom. The van der Waals surface area contributed by atoms with E-state index in [4.69, 9.17) is 4.74 Å². The van der Waals surface area contributed by atoms with Gasteiger partial charge in [-0.05, 0) is 38.2 Å². The average Bonchev–Trinajstić information content (AvgIpc) is 3.25. The van der Waals surface area contributed by atoms with Gasteiger partial charge in [0, 0.05) is 25.2 Å². The van der Waals surface area contributed by atoms with Crippen molar-refractivity contribution in [3.8, 4) is 5.75 Å². The number of urea groups is 1. The van der Waals surface area contributed by atoms with Crippen LogP contribution >= 0.6 is 0 Å². The molecule has 2 aliphatic heterocycles. The molecule has 3 aliphatic rings. The van der Waals surface area contributed by atoms with Crippen molar-refractivity contribution in [1.82, 2.24) is 15.5 Å². The summed E-state index contributed by atoms with van der Waals surface area (Å²) in [7, 11) is 0. The van der Waals surface area contributed by atoms with Gasteiger partial charge < -0.3 is 10.1 Å². The summed E-state index contributed by atoms with van der Waals surface area (Å²) in [5.41, 5.74) is 0.393. The highest BCUT2D eigenvalue weighted by atomic mass is 16.5. The summed E-state index contributed by atoms with van der Waals surface area (Å²) < 4.78 is 6.20. The first-order valence-electron chi connectivity index (χ1n) is 8.75. The number of ether oxygens (including phenoxy) is 1. The molecule has 1 aromatic carbocycles. The van der Waals surface area contributed by atoms with Crippen LogP contribution in [0.3, 0.4) is 0 Å². The lowest BCUT2D eigenvalue weighted by Crippen LogP contribution is -2.48. The topological polar surface area (TPSA) is 70.7 Å². The van der Waals surface area contributed by atoms with Gasteiger partial charge >= 0.3 is 6.03 Å². The second-order valence-electron chi connectivity index (χ2n) is 7.08. The molecule has 1 aromatic rings. The van der Waals surface area contributed by atoms with Crippen LogP contribution in [0.1, 0.15) is 37.7 Å². The Labute approximate surface area is 141 Å². The van der Waals surface area contributed by atoms with Gasteiger partial charge in [-0.15, -0.1) is 0 Å². The highest BCUT2D eigenvalue weighted by Crippen LogP contribution is 2.30. The molecule has 0 radical (unpaired) electrons. The van der Waals surface area contributed by atoms with Crippen LogP contribution in [-0.4, -0.2) is 41.6 Å². The van der Waals surface area contributed by atoms with Crippen molar-refractivity contribution >= 4 is 11.9 Å². The second kappa shape index (κ2) is 6.09. The number of hydrogen-bond acceptors (Lipinski definition) is 4. The lowest BCUT2D eigenvalue weighted by Gasteiger charge is -2.22. The fourth-order valence-corrected chi connectivity index (χ4v) is 4.02. The van der Waals surface area contributed by atoms with E-state index in [-0.39, 0.29) is 11.9 Å². The van der Waals surface area contributed by atoms with Crippen molar-refractivity contribution in [2.75, 3.05) is 13.1 Å². The Morgan fingerprint density at radius 2 is 2.00 bits per heavy atom. The minimum atomic E-state index is -0.752. The molecule has 0 aromatic heterocycles. The number of carbonyl (C=O) groups is 2. The molecule has 1 atom stereocenters. The molecule has 1 unspecified atom stereocenters. The van der Waals surface area contributed by atoms with Gasteiger partial charge in [0.25, 0.3) is 5.91 Å².